The molecule has 0 fully saturated rings. The molecule has 0 spiro atoms. The van der Waals surface area contributed by atoms with E-state index in [1.54, 1.807) is 0 Å². The molecule has 0 heterocycles. The summed E-state index contributed by atoms with van der Waals surface area (Å²) in [5.41, 5.74) is 0. The second kappa shape index (κ2) is 9.46. The third-order valence-corrected chi connectivity index (χ3v) is 0. The first-order chi connectivity index (χ1) is 1.73. The summed E-state index contributed by atoms with van der Waals surface area (Å²) in [6.07, 6.45) is 0. The van der Waals surface area contributed by atoms with Crippen LogP contribution in [-0.2, 0) is 21.5 Å². The molecule has 2 N–H and O–H groups in total. The molecule has 0 rings (SSSR count). The fourth-order valence-corrected chi connectivity index (χ4v) is 0. The van der Waals surface area contributed by atoms with Crippen molar-refractivity contribution in [1.82, 2.24) is 0 Å². The zero-order chi connectivity index (χ0) is 3.58. The van der Waals surface area contributed by atoms with Gasteiger partial charge in [0.2, 0.25) is 0 Å². The van der Waals surface area contributed by atoms with Crippen LogP contribution in [-0.4, -0.2) is 18.8 Å². The molecule has 34 valence electrons. The molecule has 0 aromatic carbocycles. The molecule has 0 radical (unpaired) electrons. The van der Waals surface area contributed by atoms with Gasteiger partial charge >= 0.3 is 38.7 Å². The summed E-state index contributed by atoms with van der Waals surface area (Å²) < 4.78 is 8.74. The average Bonchev–Trinajstić information content (AvgIpc) is 0.811. The Morgan fingerprint density at radius 3 is 1.50 bits per heavy atom. The fourth-order valence-electron chi connectivity index (χ4n) is 0. The van der Waals surface area contributed by atoms with E-state index in [4.69, 9.17) is 14.1 Å². The van der Waals surface area contributed by atoms with Crippen molar-refractivity contribution in [3.63, 3.8) is 0 Å². The molecule has 0 amide bonds. The molecule has 0 atom stereocenters. The smallest absolute Gasteiger partial charge is 1.00 e. The Morgan fingerprint density at radius 2 is 1.50 bits per heavy atom. The van der Waals surface area contributed by atoms with Crippen molar-refractivity contribution >= 4 is 9.17 Å². The zero-order valence-electron chi connectivity index (χ0n) is 4.16. The third-order valence-electron chi connectivity index (χ3n) is 0. The largest absolute Gasteiger partial charge is 1.00 e. The van der Waals surface area contributed by atoms with E-state index in [1.807, 2.05) is 0 Å². The molecule has 0 unspecified atom stereocenters. The minimum atomic E-state index is -3.13. The Kier molecular flexibility index (Phi) is 24.8. The molecule has 0 aliphatic carbocycles. The fraction of sp³-hybridized carbons (Fsp3) is 0. The Balaban J connectivity index is -0.0000000150. The van der Waals surface area contributed by atoms with Gasteiger partial charge in [-0.05, 0) is 0 Å². The standard InChI is InChI=1S/Fe.Na.H2O3Si.H/c;;1-4(2)3;/h;;1-2H;/q;+1;;-1. The molecule has 3 nitrogen and oxygen atoms in total. The number of hydrogen-bond acceptors (Lipinski definition) is 1. The van der Waals surface area contributed by atoms with Gasteiger partial charge < -0.3 is 11.0 Å². The molecule has 6 heteroatoms. The summed E-state index contributed by atoms with van der Waals surface area (Å²) in [5, 5.41) is 0. The second-order valence-corrected chi connectivity index (χ2v) is 0.848. The van der Waals surface area contributed by atoms with Crippen molar-refractivity contribution < 1.29 is 62.1 Å². The van der Waals surface area contributed by atoms with Gasteiger partial charge in [-0.25, -0.2) is 0 Å². The zero-order valence-corrected chi connectivity index (χ0v) is 7.26. The summed E-state index contributed by atoms with van der Waals surface area (Å²) in [7, 11) is -3.13. The van der Waals surface area contributed by atoms with Crippen molar-refractivity contribution in [1.29, 1.82) is 0 Å². The van der Waals surface area contributed by atoms with E-state index in [-0.39, 0.29) is 48.1 Å². The first-order valence-electron chi connectivity index (χ1n) is 0.651. The van der Waals surface area contributed by atoms with Crippen LogP contribution in [0.3, 0.4) is 0 Å². The van der Waals surface area contributed by atoms with Crippen LogP contribution in [0.2, 0.25) is 0 Å². The van der Waals surface area contributed by atoms with E-state index in [2.05, 4.69) is 0 Å². The van der Waals surface area contributed by atoms with Crippen molar-refractivity contribution in [2.45, 2.75) is 0 Å². The van der Waals surface area contributed by atoms with Crippen LogP contribution in [0.25, 0.3) is 0 Å². The summed E-state index contributed by atoms with van der Waals surface area (Å²) in [5.74, 6) is 0. The quantitative estimate of drug-likeness (QED) is 0.349. The molecule has 0 aromatic heterocycles. The molecule has 0 aromatic rings. The monoisotopic (exact) mass is 158 g/mol. The maximum atomic E-state index is 8.74. The Bertz CT molecular complexity index is 37.9. The molecule has 0 saturated heterocycles. The summed E-state index contributed by atoms with van der Waals surface area (Å²) >= 11 is 0. The van der Waals surface area contributed by atoms with E-state index in [0.29, 0.717) is 0 Å². The minimum Gasteiger partial charge on any atom is -1.00 e. The van der Waals surface area contributed by atoms with E-state index in [9.17, 15) is 0 Å². The van der Waals surface area contributed by atoms with Gasteiger partial charge in [-0.3, -0.25) is 4.46 Å². The van der Waals surface area contributed by atoms with Crippen molar-refractivity contribution in [3.8, 4) is 0 Å². The van der Waals surface area contributed by atoms with Crippen molar-refractivity contribution in [2.75, 3.05) is 0 Å². The van der Waals surface area contributed by atoms with Gasteiger partial charge in [0.05, 0.1) is 0 Å². The first kappa shape index (κ1) is 15.7. The molecular weight excluding hydrogens is 155 g/mol. The van der Waals surface area contributed by atoms with Gasteiger partial charge in [0.1, 0.15) is 0 Å². The van der Waals surface area contributed by atoms with E-state index < -0.39 is 9.17 Å². The van der Waals surface area contributed by atoms with Gasteiger partial charge in [-0.15, -0.1) is 0 Å². The number of rotatable bonds is 0. The topological polar surface area (TPSA) is 57.5 Å². The van der Waals surface area contributed by atoms with Crippen LogP contribution in [0.15, 0.2) is 0 Å². The second-order valence-electron chi connectivity index (χ2n) is 0.283. The van der Waals surface area contributed by atoms with Gasteiger partial charge in [0.15, 0.2) is 0 Å². The normalized spacial score (nSPS) is 4.00. The Labute approximate surface area is 70.9 Å². The molecule has 0 bridgehead atoms. The molecule has 0 aliphatic heterocycles. The van der Waals surface area contributed by atoms with Crippen molar-refractivity contribution in [2.24, 2.45) is 0 Å². The molecule has 0 saturated carbocycles. The maximum absolute atomic E-state index is 8.74. The van der Waals surface area contributed by atoms with E-state index in [0.717, 1.165) is 0 Å². The van der Waals surface area contributed by atoms with Gasteiger partial charge in [0, 0.05) is 17.1 Å². The van der Waals surface area contributed by atoms with Crippen LogP contribution in [0.4, 0.5) is 0 Å². The number of hydrogen-bond donors (Lipinski definition) is 2. The molecule has 0 aliphatic rings. The van der Waals surface area contributed by atoms with Crippen LogP contribution in [0, 0.1) is 0 Å². The van der Waals surface area contributed by atoms with Gasteiger partial charge in [-0.2, -0.15) is 0 Å². The predicted octanol–water partition coefficient (Wildman–Crippen LogP) is -4.50. The molecular formula is H3FeNaO3Si. The summed E-state index contributed by atoms with van der Waals surface area (Å²) in [4.78, 5) is 14.3. The first-order valence-corrected chi connectivity index (χ1v) is 1.95. The van der Waals surface area contributed by atoms with Gasteiger partial charge in [0.25, 0.3) is 0 Å². The Morgan fingerprint density at radius 1 is 1.50 bits per heavy atom. The maximum Gasteiger partial charge on any atom is 1.00 e. The van der Waals surface area contributed by atoms with Crippen LogP contribution in [0.1, 0.15) is 1.43 Å². The van der Waals surface area contributed by atoms with Crippen LogP contribution < -0.4 is 29.6 Å². The Hall–Kier alpha value is 1.14. The van der Waals surface area contributed by atoms with Crippen LogP contribution >= 0.6 is 0 Å². The minimum absolute atomic E-state index is 0. The summed E-state index contributed by atoms with van der Waals surface area (Å²) in [6, 6.07) is 0. The molecule has 6 heavy (non-hydrogen) atoms. The van der Waals surface area contributed by atoms with Crippen LogP contribution in [0.5, 0.6) is 0 Å². The average molecular weight is 158 g/mol. The van der Waals surface area contributed by atoms with E-state index >= 15 is 0 Å². The third kappa shape index (κ3) is 68.1. The van der Waals surface area contributed by atoms with E-state index in [1.165, 1.54) is 0 Å². The SMILES string of the molecule is O=[Si](O)O.[Fe].[H-].[Na+]. The van der Waals surface area contributed by atoms with Crippen molar-refractivity contribution in [3.05, 3.63) is 0 Å². The summed E-state index contributed by atoms with van der Waals surface area (Å²) in [6.45, 7) is 0. The predicted molar refractivity (Wildman–Crippen MR) is 12.0 cm³/mol. The van der Waals surface area contributed by atoms with Gasteiger partial charge in [-0.1, -0.05) is 0 Å².